The lowest BCUT2D eigenvalue weighted by Crippen LogP contribution is -1.90. The van der Waals surface area contributed by atoms with Crippen molar-refractivity contribution in [3.8, 4) is 22.4 Å². The lowest BCUT2D eigenvalue weighted by atomic mass is 10.00. The van der Waals surface area contributed by atoms with Crippen LogP contribution in [-0.4, -0.2) is 9.97 Å². The van der Waals surface area contributed by atoms with Crippen molar-refractivity contribution >= 4 is 21.9 Å². The molecule has 0 fully saturated rings. The quantitative estimate of drug-likeness (QED) is 0.396. The van der Waals surface area contributed by atoms with E-state index in [-0.39, 0.29) is 0 Å². The van der Waals surface area contributed by atoms with Crippen LogP contribution in [0, 0.1) is 6.92 Å². The fourth-order valence-electron chi connectivity index (χ4n) is 3.45. The third kappa shape index (κ3) is 2.29. The van der Waals surface area contributed by atoms with E-state index in [1.807, 2.05) is 36.7 Å². The molecule has 0 spiro atoms. The van der Waals surface area contributed by atoms with E-state index >= 15 is 0 Å². The number of fused-ring (bicyclic) bond motifs is 3. The van der Waals surface area contributed by atoms with Crippen LogP contribution in [0.3, 0.4) is 0 Å². The zero-order valence-corrected chi connectivity index (χ0v) is 14.3. The summed E-state index contributed by atoms with van der Waals surface area (Å²) in [5, 5.41) is 2.24. The molecular formula is C23H16N2O. The van der Waals surface area contributed by atoms with Crippen molar-refractivity contribution in [1.29, 1.82) is 0 Å². The lowest BCUT2D eigenvalue weighted by Gasteiger charge is -2.09. The maximum atomic E-state index is 6.16. The largest absolute Gasteiger partial charge is 0.455 e. The highest BCUT2D eigenvalue weighted by Crippen LogP contribution is 2.36. The Kier molecular flexibility index (Phi) is 3.32. The van der Waals surface area contributed by atoms with Crippen molar-refractivity contribution in [2.45, 2.75) is 6.92 Å². The fourth-order valence-corrected chi connectivity index (χ4v) is 3.45. The number of benzene rings is 2. The average molecular weight is 336 g/mol. The Labute approximate surface area is 151 Å². The molecule has 3 nitrogen and oxygen atoms in total. The monoisotopic (exact) mass is 336 g/mol. The Hall–Kier alpha value is -3.46. The number of nitrogens with zero attached hydrogens (tertiary/aromatic N) is 2. The highest BCUT2D eigenvalue weighted by atomic mass is 16.3. The Morgan fingerprint density at radius 1 is 0.808 bits per heavy atom. The van der Waals surface area contributed by atoms with Crippen LogP contribution in [0.1, 0.15) is 5.56 Å². The summed E-state index contributed by atoms with van der Waals surface area (Å²) in [6.45, 7) is 2.07. The standard InChI is InChI=1S/C23H16N2O/c1-15-13-25-21(12-20(15)16-6-5-11-24-14-16)19-9-4-8-18-17-7-2-3-10-22(17)26-23(18)19/h2-14H,1H3. The molecule has 2 aromatic carbocycles. The number of hydrogen-bond acceptors (Lipinski definition) is 3. The van der Waals surface area contributed by atoms with E-state index in [1.54, 1.807) is 6.20 Å². The van der Waals surface area contributed by atoms with E-state index in [4.69, 9.17) is 4.42 Å². The molecule has 0 radical (unpaired) electrons. The number of para-hydroxylation sites is 2. The van der Waals surface area contributed by atoms with E-state index in [1.165, 1.54) is 0 Å². The van der Waals surface area contributed by atoms with Crippen LogP contribution in [0.5, 0.6) is 0 Å². The summed E-state index contributed by atoms with van der Waals surface area (Å²) in [7, 11) is 0. The van der Waals surface area contributed by atoms with E-state index in [2.05, 4.69) is 53.3 Å². The first-order chi connectivity index (χ1) is 12.8. The van der Waals surface area contributed by atoms with Crippen molar-refractivity contribution in [2.75, 3.05) is 0 Å². The molecule has 0 saturated carbocycles. The van der Waals surface area contributed by atoms with Gasteiger partial charge < -0.3 is 4.42 Å². The van der Waals surface area contributed by atoms with Gasteiger partial charge in [-0.3, -0.25) is 9.97 Å². The van der Waals surface area contributed by atoms with E-state index in [0.717, 1.165) is 49.9 Å². The number of furan rings is 1. The van der Waals surface area contributed by atoms with Crippen LogP contribution < -0.4 is 0 Å². The third-order valence-corrected chi connectivity index (χ3v) is 4.76. The molecule has 124 valence electrons. The number of pyridine rings is 2. The minimum absolute atomic E-state index is 0.877. The molecule has 0 aliphatic rings. The normalized spacial score (nSPS) is 11.3. The Morgan fingerprint density at radius 2 is 1.69 bits per heavy atom. The van der Waals surface area contributed by atoms with Crippen molar-refractivity contribution in [1.82, 2.24) is 9.97 Å². The maximum Gasteiger partial charge on any atom is 0.144 e. The van der Waals surface area contributed by atoms with Crippen LogP contribution in [0.15, 0.2) is 83.7 Å². The highest BCUT2D eigenvalue weighted by molar-refractivity contribution is 6.09. The molecule has 0 atom stereocenters. The van der Waals surface area contributed by atoms with Gasteiger partial charge in [0.1, 0.15) is 11.2 Å². The minimum Gasteiger partial charge on any atom is -0.455 e. The van der Waals surface area contributed by atoms with Crippen molar-refractivity contribution in [3.63, 3.8) is 0 Å². The first-order valence-electron chi connectivity index (χ1n) is 8.59. The summed E-state index contributed by atoms with van der Waals surface area (Å²) in [5.41, 5.74) is 7.03. The second kappa shape index (κ2) is 5.81. The molecule has 3 heteroatoms. The fraction of sp³-hybridized carbons (Fsp3) is 0.0435. The first kappa shape index (κ1) is 14.8. The molecule has 0 aliphatic heterocycles. The molecule has 26 heavy (non-hydrogen) atoms. The SMILES string of the molecule is Cc1cnc(-c2cccc3c2oc2ccccc23)cc1-c1cccnc1. The van der Waals surface area contributed by atoms with Gasteiger partial charge in [0, 0.05) is 40.5 Å². The van der Waals surface area contributed by atoms with Crippen molar-refractivity contribution < 1.29 is 4.42 Å². The first-order valence-corrected chi connectivity index (χ1v) is 8.59. The molecular weight excluding hydrogens is 320 g/mol. The van der Waals surface area contributed by atoms with E-state index in [0.29, 0.717) is 0 Å². The zero-order valence-electron chi connectivity index (χ0n) is 14.3. The second-order valence-electron chi connectivity index (χ2n) is 6.41. The summed E-state index contributed by atoms with van der Waals surface area (Å²) in [5.74, 6) is 0. The highest BCUT2D eigenvalue weighted by Gasteiger charge is 2.14. The third-order valence-electron chi connectivity index (χ3n) is 4.76. The molecule has 0 unspecified atom stereocenters. The molecule has 0 N–H and O–H groups in total. The molecule has 0 amide bonds. The Balaban J connectivity index is 1.76. The summed E-state index contributed by atoms with van der Waals surface area (Å²) in [4.78, 5) is 8.92. The summed E-state index contributed by atoms with van der Waals surface area (Å²) < 4.78 is 6.16. The van der Waals surface area contributed by atoms with Gasteiger partial charge in [-0.1, -0.05) is 36.4 Å². The van der Waals surface area contributed by atoms with Gasteiger partial charge in [0.05, 0.1) is 5.69 Å². The minimum atomic E-state index is 0.877. The number of rotatable bonds is 2. The summed E-state index contributed by atoms with van der Waals surface area (Å²) in [6.07, 6.45) is 5.59. The average Bonchev–Trinajstić information content (AvgIpc) is 3.08. The number of hydrogen-bond donors (Lipinski definition) is 0. The predicted octanol–water partition coefficient (Wildman–Crippen LogP) is 6.02. The van der Waals surface area contributed by atoms with Gasteiger partial charge in [-0.25, -0.2) is 0 Å². The van der Waals surface area contributed by atoms with Crippen LogP contribution in [0.4, 0.5) is 0 Å². The van der Waals surface area contributed by atoms with Gasteiger partial charge >= 0.3 is 0 Å². The summed E-state index contributed by atoms with van der Waals surface area (Å²) >= 11 is 0. The van der Waals surface area contributed by atoms with Crippen molar-refractivity contribution in [2.24, 2.45) is 0 Å². The van der Waals surface area contributed by atoms with Crippen LogP contribution in [-0.2, 0) is 0 Å². The van der Waals surface area contributed by atoms with Gasteiger partial charge in [-0.2, -0.15) is 0 Å². The van der Waals surface area contributed by atoms with Gasteiger partial charge in [-0.15, -0.1) is 0 Å². The maximum absolute atomic E-state index is 6.16. The molecule has 3 heterocycles. The van der Waals surface area contributed by atoms with Crippen LogP contribution in [0.25, 0.3) is 44.3 Å². The second-order valence-corrected chi connectivity index (χ2v) is 6.41. The Bertz CT molecular complexity index is 1240. The summed E-state index contributed by atoms with van der Waals surface area (Å²) in [6, 6.07) is 20.5. The van der Waals surface area contributed by atoms with E-state index in [9.17, 15) is 0 Å². The van der Waals surface area contributed by atoms with Gasteiger partial charge in [0.15, 0.2) is 0 Å². The van der Waals surface area contributed by atoms with Crippen LogP contribution >= 0.6 is 0 Å². The van der Waals surface area contributed by atoms with E-state index < -0.39 is 0 Å². The van der Waals surface area contributed by atoms with Gasteiger partial charge in [-0.05, 0) is 42.3 Å². The smallest absolute Gasteiger partial charge is 0.144 e. The van der Waals surface area contributed by atoms with Gasteiger partial charge in [0.2, 0.25) is 0 Å². The Morgan fingerprint density at radius 3 is 2.58 bits per heavy atom. The topological polar surface area (TPSA) is 38.9 Å². The predicted molar refractivity (Wildman–Crippen MR) is 105 cm³/mol. The molecule has 5 aromatic rings. The number of aromatic nitrogens is 2. The number of aryl methyl sites for hydroxylation is 1. The zero-order chi connectivity index (χ0) is 17.5. The molecule has 0 saturated heterocycles. The van der Waals surface area contributed by atoms with Gasteiger partial charge in [0.25, 0.3) is 0 Å². The molecule has 5 rings (SSSR count). The molecule has 3 aromatic heterocycles. The lowest BCUT2D eigenvalue weighted by molar-refractivity contribution is 0.670. The van der Waals surface area contributed by atoms with Crippen molar-refractivity contribution in [3.05, 3.63) is 84.8 Å². The van der Waals surface area contributed by atoms with Crippen LogP contribution in [0.2, 0.25) is 0 Å². The molecule has 0 aliphatic carbocycles. The molecule has 0 bridgehead atoms.